The Morgan fingerprint density at radius 3 is 1.98 bits per heavy atom. The molecule has 12 nitrogen and oxygen atoms in total. The number of carbonyl (C=O) groups is 5. The van der Waals surface area contributed by atoms with E-state index in [1.807, 2.05) is 0 Å². The van der Waals surface area contributed by atoms with E-state index in [1.54, 1.807) is 0 Å². The average molecular weight is 601 g/mol. The number of allylic oxidation sites excluding steroid dienone is 4. The van der Waals surface area contributed by atoms with Crippen LogP contribution < -0.4 is 0 Å². The van der Waals surface area contributed by atoms with Crippen LogP contribution in [0.1, 0.15) is 104 Å². The van der Waals surface area contributed by atoms with Gasteiger partial charge in [0.05, 0.1) is 19.4 Å². The van der Waals surface area contributed by atoms with Gasteiger partial charge in [-0.2, -0.15) is 0 Å². The van der Waals surface area contributed by atoms with Crippen LogP contribution in [0.3, 0.4) is 0 Å². The molecule has 240 valence electrons. The van der Waals surface area contributed by atoms with Crippen LogP contribution >= 0.6 is 0 Å². The third-order valence-electron chi connectivity index (χ3n) is 6.17. The predicted molar refractivity (Wildman–Crippen MR) is 152 cm³/mol. The van der Waals surface area contributed by atoms with E-state index in [0.29, 0.717) is 6.42 Å². The van der Waals surface area contributed by atoms with E-state index in [-0.39, 0.29) is 6.42 Å². The van der Waals surface area contributed by atoms with E-state index in [2.05, 4.69) is 36.0 Å². The van der Waals surface area contributed by atoms with Crippen molar-refractivity contribution in [2.24, 2.45) is 0 Å². The Morgan fingerprint density at radius 1 is 0.810 bits per heavy atom. The molecule has 0 aromatic rings. The number of rotatable bonds is 25. The van der Waals surface area contributed by atoms with Gasteiger partial charge in [0.1, 0.15) is 12.7 Å². The summed E-state index contributed by atoms with van der Waals surface area (Å²) in [5, 5.41) is 36.8. The maximum atomic E-state index is 12.5. The SMILES string of the molecule is CCCCCC=CCC=CCCCCCCCC(=O)OC(C)C(=O)OC(CC(=O)O)(CC(=O)OCC(O)CO)C(=O)O. The average Bonchev–Trinajstić information content (AvgIpc) is 2.93. The first kappa shape index (κ1) is 38.8. The minimum Gasteiger partial charge on any atom is -0.481 e. The van der Waals surface area contributed by atoms with Crippen molar-refractivity contribution in [3.63, 3.8) is 0 Å². The highest BCUT2D eigenvalue weighted by atomic mass is 16.6. The Balaban J connectivity index is 4.49. The van der Waals surface area contributed by atoms with Gasteiger partial charge in [-0.05, 0) is 45.4 Å². The van der Waals surface area contributed by atoms with Crippen molar-refractivity contribution in [1.82, 2.24) is 0 Å². The number of aliphatic carboxylic acids is 2. The Hall–Kier alpha value is -3.25. The standard InChI is InChI=1S/C30H48O12/c1-3-4-5-6-7-8-9-10-11-12-13-14-15-16-17-18-26(35)41-23(2)28(37)42-30(29(38)39,19-25(33)34)20-27(36)40-22-24(32)21-31/h7-8,10-11,23-24,31-32H,3-6,9,12-22H2,1-2H3,(H,33,34)(H,38,39). The highest BCUT2D eigenvalue weighted by molar-refractivity contribution is 5.92. The lowest BCUT2D eigenvalue weighted by atomic mass is 9.95. The van der Waals surface area contributed by atoms with Crippen LogP contribution in [0.2, 0.25) is 0 Å². The zero-order valence-corrected chi connectivity index (χ0v) is 24.8. The van der Waals surface area contributed by atoms with Crippen LogP contribution in [-0.4, -0.2) is 81.3 Å². The Morgan fingerprint density at radius 2 is 1.40 bits per heavy atom. The van der Waals surface area contributed by atoms with Gasteiger partial charge < -0.3 is 34.6 Å². The van der Waals surface area contributed by atoms with E-state index >= 15 is 0 Å². The molecule has 0 spiro atoms. The summed E-state index contributed by atoms with van der Waals surface area (Å²) in [4.78, 5) is 59.9. The van der Waals surface area contributed by atoms with E-state index in [1.165, 1.54) is 19.3 Å². The molecule has 42 heavy (non-hydrogen) atoms. The van der Waals surface area contributed by atoms with Gasteiger partial charge in [0, 0.05) is 6.42 Å². The molecule has 0 bridgehead atoms. The topological polar surface area (TPSA) is 194 Å². The molecule has 0 aliphatic heterocycles. The van der Waals surface area contributed by atoms with Gasteiger partial charge >= 0.3 is 29.8 Å². The number of unbranched alkanes of at least 4 members (excludes halogenated alkanes) is 8. The first-order valence-electron chi connectivity index (χ1n) is 14.6. The number of esters is 3. The molecule has 0 heterocycles. The number of hydrogen-bond donors (Lipinski definition) is 4. The van der Waals surface area contributed by atoms with Crippen LogP contribution in [0.25, 0.3) is 0 Å². The van der Waals surface area contributed by atoms with Gasteiger partial charge in [0.25, 0.3) is 0 Å². The van der Waals surface area contributed by atoms with E-state index in [9.17, 15) is 34.2 Å². The second kappa shape index (κ2) is 23.3. The first-order valence-corrected chi connectivity index (χ1v) is 14.6. The molecule has 0 saturated heterocycles. The summed E-state index contributed by atoms with van der Waals surface area (Å²) in [6, 6.07) is 0. The van der Waals surface area contributed by atoms with Crippen molar-refractivity contribution in [2.45, 2.75) is 122 Å². The van der Waals surface area contributed by atoms with Crippen molar-refractivity contribution in [3.05, 3.63) is 24.3 Å². The first-order chi connectivity index (χ1) is 20.0. The Kier molecular flexibility index (Phi) is 21.5. The van der Waals surface area contributed by atoms with Crippen LogP contribution in [0.4, 0.5) is 0 Å². The number of carboxylic acids is 2. The summed E-state index contributed by atoms with van der Waals surface area (Å²) in [5.74, 6) is -6.96. The lowest BCUT2D eigenvalue weighted by Crippen LogP contribution is -2.49. The maximum absolute atomic E-state index is 12.5. The van der Waals surface area contributed by atoms with Gasteiger partial charge in [0.2, 0.25) is 5.60 Å². The molecule has 12 heteroatoms. The number of ether oxygens (including phenoxy) is 3. The van der Waals surface area contributed by atoms with Crippen molar-refractivity contribution < 1.29 is 58.6 Å². The van der Waals surface area contributed by atoms with Gasteiger partial charge in [-0.3, -0.25) is 14.4 Å². The van der Waals surface area contributed by atoms with Crippen LogP contribution in [0.5, 0.6) is 0 Å². The number of aliphatic hydroxyl groups is 2. The van der Waals surface area contributed by atoms with Gasteiger partial charge in [-0.15, -0.1) is 0 Å². The Bertz CT molecular complexity index is 882. The summed E-state index contributed by atoms with van der Waals surface area (Å²) < 4.78 is 14.5. The molecule has 0 rings (SSSR count). The lowest BCUT2D eigenvalue weighted by molar-refractivity contribution is -0.194. The highest BCUT2D eigenvalue weighted by Gasteiger charge is 2.48. The maximum Gasteiger partial charge on any atom is 0.349 e. The van der Waals surface area contributed by atoms with E-state index in [0.717, 1.165) is 51.9 Å². The lowest BCUT2D eigenvalue weighted by Gasteiger charge is -2.28. The molecule has 3 atom stereocenters. The summed E-state index contributed by atoms with van der Waals surface area (Å²) in [6.07, 6.45) is 14.4. The molecule has 0 amide bonds. The smallest absolute Gasteiger partial charge is 0.349 e. The highest BCUT2D eigenvalue weighted by Crippen LogP contribution is 2.24. The summed E-state index contributed by atoms with van der Waals surface area (Å²) in [7, 11) is 0. The number of carbonyl (C=O) groups excluding carboxylic acids is 3. The van der Waals surface area contributed by atoms with Crippen molar-refractivity contribution in [2.75, 3.05) is 13.2 Å². The second-order valence-corrected chi connectivity index (χ2v) is 10.1. The van der Waals surface area contributed by atoms with E-state index in [4.69, 9.17) is 19.7 Å². The van der Waals surface area contributed by atoms with Gasteiger partial charge in [-0.25, -0.2) is 9.59 Å². The molecular weight excluding hydrogens is 552 g/mol. The second-order valence-electron chi connectivity index (χ2n) is 10.1. The van der Waals surface area contributed by atoms with Crippen LogP contribution in [0, 0.1) is 0 Å². The molecule has 0 aromatic heterocycles. The quantitative estimate of drug-likeness (QED) is 0.0512. The third-order valence-corrected chi connectivity index (χ3v) is 6.17. The van der Waals surface area contributed by atoms with Crippen molar-refractivity contribution in [3.8, 4) is 0 Å². The fourth-order valence-corrected chi connectivity index (χ4v) is 3.76. The van der Waals surface area contributed by atoms with Gasteiger partial charge in [0.15, 0.2) is 6.10 Å². The zero-order chi connectivity index (χ0) is 31.8. The summed E-state index contributed by atoms with van der Waals surface area (Å²) in [5.41, 5.74) is -2.84. The summed E-state index contributed by atoms with van der Waals surface area (Å²) >= 11 is 0. The molecular formula is C30H48O12. The largest absolute Gasteiger partial charge is 0.481 e. The summed E-state index contributed by atoms with van der Waals surface area (Å²) in [6.45, 7) is 1.91. The number of aliphatic hydroxyl groups excluding tert-OH is 2. The molecule has 0 radical (unpaired) electrons. The third kappa shape index (κ3) is 19.0. The number of hydrogen-bond acceptors (Lipinski definition) is 10. The molecule has 0 saturated carbocycles. The fraction of sp³-hybridized carbons (Fsp3) is 0.700. The zero-order valence-electron chi connectivity index (χ0n) is 24.8. The molecule has 0 aromatic carbocycles. The monoisotopic (exact) mass is 600 g/mol. The van der Waals surface area contributed by atoms with Crippen LogP contribution in [0.15, 0.2) is 24.3 Å². The van der Waals surface area contributed by atoms with Crippen molar-refractivity contribution >= 4 is 29.8 Å². The van der Waals surface area contributed by atoms with Crippen LogP contribution in [-0.2, 0) is 38.2 Å². The minimum atomic E-state index is -2.84. The Labute approximate surface area is 247 Å². The van der Waals surface area contributed by atoms with Gasteiger partial charge in [-0.1, -0.05) is 63.3 Å². The molecule has 0 aliphatic carbocycles. The molecule has 4 N–H and O–H groups in total. The van der Waals surface area contributed by atoms with Crippen molar-refractivity contribution in [1.29, 1.82) is 0 Å². The molecule has 0 fully saturated rings. The number of carboxylic acid groups (broad SMARTS) is 2. The molecule has 0 aliphatic rings. The minimum absolute atomic E-state index is 0.0286. The molecule has 3 unspecified atom stereocenters. The normalized spacial score (nSPS) is 14.3. The predicted octanol–water partition coefficient (Wildman–Crippen LogP) is 3.86. The fourth-order valence-electron chi connectivity index (χ4n) is 3.76. The van der Waals surface area contributed by atoms with E-state index < -0.39 is 73.7 Å².